The molecule has 0 N–H and O–H groups in total. The SMILES string of the molecule is CCOC(=O)[C@H](c1ccccc1)c1ccc(COc2ccc(N3C(=O)[C@@H]4[C@H](C3=O)[C@H]3C=C[C@H]4C3)cc2)cc1. The molecule has 3 aromatic carbocycles. The first kappa shape index (κ1) is 24.2. The lowest BCUT2D eigenvalue weighted by atomic mass is 9.85. The average molecular weight is 508 g/mol. The van der Waals surface area contributed by atoms with Gasteiger partial charge in [-0.2, -0.15) is 0 Å². The van der Waals surface area contributed by atoms with E-state index in [1.807, 2.05) is 54.6 Å². The van der Waals surface area contributed by atoms with E-state index in [2.05, 4.69) is 12.2 Å². The van der Waals surface area contributed by atoms with Crippen LogP contribution in [0.25, 0.3) is 0 Å². The van der Waals surface area contributed by atoms with Crippen LogP contribution in [0.15, 0.2) is 91.0 Å². The largest absolute Gasteiger partial charge is 0.489 e. The predicted octanol–water partition coefficient (Wildman–Crippen LogP) is 5.27. The van der Waals surface area contributed by atoms with Gasteiger partial charge in [-0.25, -0.2) is 0 Å². The van der Waals surface area contributed by atoms with E-state index < -0.39 is 5.92 Å². The number of anilines is 1. The molecule has 3 aliphatic rings. The fourth-order valence-corrected chi connectivity index (χ4v) is 6.16. The van der Waals surface area contributed by atoms with Gasteiger partial charge in [0.05, 0.1) is 24.1 Å². The van der Waals surface area contributed by atoms with Gasteiger partial charge in [-0.3, -0.25) is 19.3 Å². The summed E-state index contributed by atoms with van der Waals surface area (Å²) in [7, 11) is 0. The number of benzene rings is 3. The molecule has 2 fully saturated rings. The zero-order valence-corrected chi connectivity index (χ0v) is 21.2. The molecule has 2 bridgehead atoms. The van der Waals surface area contributed by atoms with Crippen LogP contribution in [0.4, 0.5) is 5.69 Å². The monoisotopic (exact) mass is 507 g/mol. The number of hydrogen-bond acceptors (Lipinski definition) is 5. The van der Waals surface area contributed by atoms with Crippen molar-refractivity contribution < 1.29 is 23.9 Å². The number of fused-ring (bicyclic) bond motifs is 5. The molecule has 3 aromatic rings. The van der Waals surface area contributed by atoms with Crippen molar-refractivity contribution in [2.24, 2.45) is 23.7 Å². The summed E-state index contributed by atoms with van der Waals surface area (Å²) in [5.74, 6) is -0.299. The van der Waals surface area contributed by atoms with E-state index in [4.69, 9.17) is 9.47 Å². The summed E-state index contributed by atoms with van der Waals surface area (Å²) in [6.07, 6.45) is 5.12. The van der Waals surface area contributed by atoms with Crippen LogP contribution >= 0.6 is 0 Å². The van der Waals surface area contributed by atoms with Gasteiger partial charge in [-0.15, -0.1) is 0 Å². The summed E-state index contributed by atoms with van der Waals surface area (Å²) in [5.41, 5.74) is 3.29. The molecule has 1 saturated heterocycles. The minimum absolute atomic E-state index is 0.0813. The lowest BCUT2D eigenvalue weighted by molar-refractivity contribution is -0.143. The normalized spacial score (nSPS) is 24.0. The molecule has 0 spiro atoms. The van der Waals surface area contributed by atoms with E-state index in [0.29, 0.717) is 24.7 Å². The van der Waals surface area contributed by atoms with Crippen molar-refractivity contribution in [2.45, 2.75) is 25.9 Å². The fourth-order valence-electron chi connectivity index (χ4n) is 6.16. The van der Waals surface area contributed by atoms with Crippen molar-refractivity contribution in [2.75, 3.05) is 11.5 Å². The van der Waals surface area contributed by atoms with Crippen LogP contribution in [0.2, 0.25) is 0 Å². The molecule has 1 heterocycles. The van der Waals surface area contributed by atoms with Crippen molar-refractivity contribution in [1.82, 2.24) is 0 Å². The maximum atomic E-state index is 13.0. The minimum Gasteiger partial charge on any atom is -0.489 e. The zero-order valence-electron chi connectivity index (χ0n) is 21.2. The summed E-state index contributed by atoms with van der Waals surface area (Å²) in [6.45, 7) is 2.47. The van der Waals surface area contributed by atoms with Crippen molar-refractivity contribution in [3.8, 4) is 5.75 Å². The number of imide groups is 1. The number of esters is 1. The second-order valence-electron chi connectivity index (χ2n) is 10.1. The second kappa shape index (κ2) is 9.93. The van der Waals surface area contributed by atoms with Crippen LogP contribution in [0.3, 0.4) is 0 Å². The molecule has 192 valence electrons. The van der Waals surface area contributed by atoms with Crippen LogP contribution in [-0.2, 0) is 25.7 Å². The lowest BCUT2D eigenvalue weighted by Crippen LogP contribution is -2.32. The van der Waals surface area contributed by atoms with Crippen LogP contribution in [0, 0.1) is 23.7 Å². The summed E-state index contributed by atoms with van der Waals surface area (Å²) >= 11 is 0. The number of amides is 2. The number of allylic oxidation sites excluding steroid dienone is 2. The maximum absolute atomic E-state index is 13.0. The molecule has 5 atom stereocenters. The molecule has 6 nitrogen and oxygen atoms in total. The number of ether oxygens (including phenoxy) is 2. The fraction of sp³-hybridized carbons (Fsp3) is 0.281. The Labute approximate surface area is 221 Å². The number of carbonyl (C=O) groups excluding carboxylic acids is 3. The number of nitrogens with zero attached hydrogens (tertiary/aromatic N) is 1. The van der Waals surface area contributed by atoms with Crippen molar-refractivity contribution in [3.05, 3.63) is 108 Å². The Hall–Kier alpha value is -4.19. The van der Waals surface area contributed by atoms with Crippen LogP contribution in [0.5, 0.6) is 5.75 Å². The third-order valence-corrected chi connectivity index (χ3v) is 7.94. The third-order valence-electron chi connectivity index (χ3n) is 7.94. The zero-order chi connectivity index (χ0) is 26.2. The predicted molar refractivity (Wildman–Crippen MR) is 142 cm³/mol. The van der Waals surface area contributed by atoms with E-state index in [0.717, 1.165) is 23.1 Å². The number of carbonyl (C=O) groups is 3. The van der Waals surface area contributed by atoms with E-state index in [1.165, 1.54) is 4.90 Å². The lowest BCUT2D eigenvalue weighted by Gasteiger charge is -2.18. The Morgan fingerprint density at radius 3 is 2.05 bits per heavy atom. The highest BCUT2D eigenvalue weighted by molar-refractivity contribution is 6.22. The topological polar surface area (TPSA) is 72.9 Å². The van der Waals surface area contributed by atoms with Crippen LogP contribution in [0.1, 0.15) is 36.0 Å². The Morgan fingerprint density at radius 2 is 1.45 bits per heavy atom. The van der Waals surface area contributed by atoms with Gasteiger partial charge in [0, 0.05) is 0 Å². The van der Waals surface area contributed by atoms with Gasteiger partial charge in [-0.1, -0.05) is 66.7 Å². The van der Waals surface area contributed by atoms with Gasteiger partial charge in [0.25, 0.3) is 0 Å². The molecule has 0 unspecified atom stereocenters. The molecule has 0 aromatic heterocycles. The molecular weight excluding hydrogens is 478 g/mol. The van der Waals surface area contributed by atoms with E-state index in [1.54, 1.807) is 31.2 Å². The molecule has 6 rings (SSSR count). The Morgan fingerprint density at radius 1 is 0.842 bits per heavy atom. The van der Waals surface area contributed by atoms with E-state index in [9.17, 15) is 14.4 Å². The van der Waals surface area contributed by atoms with Crippen molar-refractivity contribution in [1.29, 1.82) is 0 Å². The Balaban J connectivity index is 1.11. The van der Waals surface area contributed by atoms with Gasteiger partial charge < -0.3 is 9.47 Å². The molecular formula is C32H29NO5. The van der Waals surface area contributed by atoms with Gasteiger partial charge in [0.15, 0.2) is 0 Å². The highest BCUT2D eigenvalue weighted by Crippen LogP contribution is 2.53. The molecule has 1 saturated carbocycles. The van der Waals surface area contributed by atoms with Gasteiger partial charge in [0.1, 0.15) is 18.3 Å². The smallest absolute Gasteiger partial charge is 0.317 e. The summed E-state index contributed by atoms with van der Waals surface area (Å²) in [6, 6.07) is 24.5. The van der Waals surface area contributed by atoms with Crippen LogP contribution < -0.4 is 9.64 Å². The quantitative estimate of drug-likeness (QED) is 0.236. The average Bonchev–Trinajstić information content (AvgIpc) is 3.63. The van der Waals surface area contributed by atoms with Gasteiger partial charge in [-0.05, 0) is 66.1 Å². The Kier molecular flexibility index (Phi) is 6.32. The van der Waals surface area contributed by atoms with Crippen LogP contribution in [-0.4, -0.2) is 24.4 Å². The Bertz CT molecular complexity index is 1350. The standard InChI is InChI=1S/C32H29NO5/c1-2-37-32(36)27(21-6-4-3-5-7-21)22-10-8-20(9-11-22)19-38-26-16-14-25(15-17-26)33-30(34)28-23-12-13-24(18-23)29(28)31(33)35/h3-17,23-24,27-29H,2,18-19H2,1H3/t23-,24-,27+,28-,29+/m0/s1. The summed E-state index contributed by atoms with van der Waals surface area (Å²) in [4.78, 5) is 40.1. The third kappa shape index (κ3) is 4.20. The first-order chi connectivity index (χ1) is 18.5. The summed E-state index contributed by atoms with van der Waals surface area (Å²) in [5, 5.41) is 0. The van der Waals surface area contributed by atoms with Gasteiger partial charge in [0.2, 0.25) is 11.8 Å². The first-order valence-electron chi connectivity index (χ1n) is 13.1. The minimum atomic E-state index is -0.486. The number of rotatable bonds is 8. The highest BCUT2D eigenvalue weighted by Gasteiger charge is 2.59. The maximum Gasteiger partial charge on any atom is 0.317 e. The van der Waals surface area contributed by atoms with Crippen molar-refractivity contribution in [3.63, 3.8) is 0 Å². The highest BCUT2D eigenvalue weighted by atomic mass is 16.5. The summed E-state index contributed by atoms with van der Waals surface area (Å²) < 4.78 is 11.3. The second-order valence-corrected chi connectivity index (χ2v) is 10.1. The van der Waals surface area contributed by atoms with E-state index >= 15 is 0 Å². The molecule has 6 heteroatoms. The molecule has 1 aliphatic heterocycles. The molecule has 2 amide bonds. The molecule has 0 radical (unpaired) electrons. The van der Waals surface area contributed by atoms with Crippen molar-refractivity contribution >= 4 is 23.5 Å². The molecule has 38 heavy (non-hydrogen) atoms. The van der Waals surface area contributed by atoms with E-state index in [-0.39, 0.29) is 41.5 Å². The molecule has 2 aliphatic carbocycles. The first-order valence-corrected chi connectivity index (χ1v) is 13.1. The van der Waals surface area contributed by atoms with Gasteiger partial charge >= 0.3 is 5.97 Å². The number of hydrogen-bond donors (Lipinski definition) is 0.